The normalized spacial score (nSPS) is 13.6. The van der Waals surface area contributed by atoms with Crippen molar-refractivity contribution in [2.75, 3.05) is 11.4 Å². The lowest BCUT2D eigenvalue weighted by atomic mass is 10.0. The molecular formula is C19H14F2N2OS. The van der Waals surface area contributed by atoms with E-state index in [9.17, 15) is 13.6 Å². The van der Waals surface area contributed by atoms with E-state index in [-0.39, 0.29) is 5.91 Å². The summed E-state index contributed by atoms with van der Waals surface area (Å²) in [5.74, 6) is -1.61. The van der Waals surface area contributed by atoms with E-state index in [1.165, 1.54) is 22.3 Å². The molecule has 0 bridgehead atoms. The second-order valence-electron chi connectivity index (χ2n) is 5.85. The van der Waals surface area contributed by atoms with Gasteiger partial charge in [-0.25, -0.2) is 13.8 Å². The van der Waals surface area contributed by atoms with Gasteiger partial charge in [0.1, 0.15) is 22.3 Å². The molecule has 2 aromatic carbocycles. The first-order chi connectivity index (χ1) is 12.1. The number of aromatic nitrogens is 1. The number of thiazole rings is 1. The van der Waals surface area contributed by atoms with E-state index in [2.05, 4.69) is 4.98 Å². The van der Waals surface area contributed by atoms with E-state index < -0.39 is 11.6 Å². The molecule has 0 saturated heterocycles. The minimum absolute atomic E-state index is 0.293. The van der Waals surface area contributed by atoms with Gasteiger partial charge in [-0.05, 0) is 18.9 Å². The van der Waals surface area contributed by atoms with Crippen LogP contribution in [-0.2, 0) is 6.42 Å². The molecular weight excluding hydrogens is 342 g/mol. The SMILES string of the molecule is O=C(c1csc(-c2ccccc2)n1)N1CCCc2c(F)cc(F)cc21. The van der Waals surface area contributed by atoms with Crippen LogP contribution in [0.25, 0.3) is 10.6 Å². The number of benzene rings is 2. The lowest BCUT2D eigenvalue weighted by Crippen LogP contribution is -2.36. The summed E-state index contributed by atoms with van der Waals surface area (Å²) in [6.45, 7) is 0.424. The molecule has 3 aromatic rings. The number of carbonyl (C=O) groups is 1. The summed E-state index contributed by atoms with van der Waals surface area (Å²) < 4.78 is 27.6. The summed E-state index contributed by atoms with van der Waals surface area (Å²) in [4.78, 5) is 18.7. The van der Waals surface area contributed by atoms with Crippen molar-refractivity contribution in [2.24, 2.45) is 0 Å². The molecule has 1 aromatic heterocycles. The van der Waals surface area contributed by atoms with E-state index in [0.717, 1.165) is 16.6 Å². The molecule has 0 saturated carbocycles. The summed E-state index contributed by atoms with van der Waals surface area (Å²) in [7, 11) is 0. The zero-order valence-corrected chi connectivity index (χ0v) is 14.0. The first kappa shape index (κ1) is 15.9. The average molecular weight is 356 g/mol. The first-order valence-corrected chi connectivity index (χ1v) is 8.82. The number of anilines is 1. The van der Waals surface area contributed by atoms with Crippen LogP contribution in [0.4, 0.5) is 14.5 Å². The van der Waals surface area contributed by atoms with Gasteiger partial charge in [-0.1, -0.05) is 30.3 Å². The van der Waals surface area contributed by atoms with Crippen LogP contribution in [0.5, 0.6) is 0 Å². The van der Waals surface area contributed by atoms with Crippen LogP contribution in [-0.4, -0.2) is 17.4 Å². The maximum absolute atomic E-state index is 14.0. The smallest absolute Gasteiger partial charge is 0.277 e. The van der Waals surface area contributed by atoms with Crippen LogP contribution < -0.4 is 4.90 Å². The summed E-state index contributed by atoms with van der Waals surface area (Å²) in [6, 6.07) is 11.7. The molecule has 0 fully saturated rings. The molecule has 1 amide bonds. The fraction of sp³-hybridized carbons (Fsp3) is 0.158. The molecule has 6 heteroatoms. The Labute approximate surface area is 147 Å². The Balaban J connectivity index is 1.68. The summed E-state index contributed by atoms with van der Waals surface area (Å²) in [6.07, 6.45) is 1.13. The molecule has 2 heterocycles. The van der Waals surface area contributed by atoms with Crippen LogP contribution in [0.2, 0.25) is 0 Å². The van der Waals surface area contributed by atoms with Crippen molar-refractivity contribution >= 4 is 22.9 Å². The lowest BCUT2D eigenvalue weighted by Gasteiger charge is -2.29. The molecule has 0 aliphatic carbocycles. The van der Waals surface area contributed by atoms with Crippen molar-refractivity contribution in [3.8, 4) is 10.6 Å². The van der Waals surface area contributed by atoms with Crippen molar-refractivity contribution in [3.05, 3.63) is 70.7 Å². The van der Waals surface area contributed by atoms with E-state index in [0.29, 0.717) is 36.3 Å². The van der Waals surface area contributed by atoms with Crippen LogP contribution in [0.3, 0.4) is 0 Å². The van der Waals surface area contributed by atoms with Gasteiger partial charge in [0.2, 0.25) is 0 Å². The number of rotatable bonds is 2. The molecule has 1 aliphatic heterocycles. The topological polar surface area (TPSA) is 33.2 Å². The zero-order valence-electron chi connectivity index (χ0n) is 13.2. The molecule has 0 unspecified atom stereocenters. The van der Waals surface area contributed by atoms with Crippen LogP contribution in [0, 0.1) is 11.6 Å². The Morgan fingerprint density at radius 3 is 2.76 bits per heavy atom. The molecule has 25 heavy (non-hydrogen) atoms. The van der Waals surface area contributed by atoms with Crippen molar-refractivity contribution in [1.82, 2.24) is 4.98 Å². The molecule has 0 radical (unpaired) electrons. The van der Waals surface area contributed by atoms with E-state index in [4.69, 9.17) is 0 Å². The van der Waals surface area contributed by atoms with Crippen molar-refractivity contribution in [3.63, 3.8) is 0 Å². The second kappa shape index (κ2) is 6.37. The van der Waals surface area contributed by atoms with Crippen molar-refractivity contribution < 1.29 is 13.6 Å². The number of hydrogen-bond acceptors (Lipinski definition) is 3. The Kier molecular flexibility index (Phi) is 4.05. The van der Waals surface area contributed by atoms with Gasteiger partial charge in [0, 0.05) is 29.1 Å². The fourth-order valence-corrected chi connectivity index (χ4v) is 3.85. The highest BCUT2D eigenvalue weighted by molar-refractivity contribution is 7.13. The number of halogens is 2. The van der Waals surface area contributed by atoms with Gasteiger partial charge < -0.3 is 4.90 Å². The Morgan fingerprint density at radius 1 is 1.16 bits per heavy atom. The Bertz CT molecular complexity index is 940. The van der Waals surface area contributed by atoms with Crippen molar-refractivity contribution in [1.29, 1.82) is 0 Å². The Hall–Kier alpha value is -2.60. The predicted molar refractivity (Wildman–Crippen MR) is 93.9 cm³/mol. The van der Waals surface area contributed by atoms with Gasteiger partial charge in [0.05, 0.1) is 5.69 Å². The quantitative estimate of drug-likeness (QED) is 0.668. The molecule has 1 aliphatic rings. The van der Waals surface area contributed by atoms with Crippen molar-refractivity contribution in [2.45, 2.75) is 12.8 Å². The molecule has 126 valence electrons. The van der Waals surface area contributed by atoms with Gasteiger partial charge >= 0.3 is 0 Å². The van der Waals surface area contributed by atoms with Crippen LogP contribution >= 0.6 is 11.3 Å². The van der Waals surface area contributed by atoms with E-state index in [1.54, 1.807) is 5.38 Å². The highest BCUT2D eigenvalue weighted by Crippen LogP contribution is 2.32. The number of fused-ring (bicyclic) bond motifs is 1. The standard InChI is InChI=1S/C19H14F2N2OS/c20-13-9-15(21)14-7-4-8-23(17(14)10-13)19(24)16-11-25-18(22-16)12-5-2-1-3-6-12/h1-3,5-6,9-11H,4,7-8H2. The average Bonchev–Trinajstić information content (AvgIpc) is 3.11. The van der Waals surface area contributed by atoms with Crippen LogP contribution in [0.15, 0.2) is 47.8 Å². The third kappa shape index (κ3) is 2.93. The monoisotopic (exact) mass is 356 g/mol. The first-order valence-electron chi connectivity index (χ1n) is 7.94. The highest BCUT2D eigenvalue weighted by Gasteiger charge is 2.28. The minimum atomic E-state index is -0.681. The van der Waals surface area contributed by atoms with Gasteiger partial charge in [0.15, 0.2) is 0 Å². The van der Waals surface area contributed by atoms with Gasteiger partial charge in [-0.2, -0.15) is 0 Å². The third-order valence-corrected chi connectivity index (χ3v) is 5.12. The maximum Gasteiger partial charge on any atom is 0.277 e. The third-order valence-electron chi connectivity index (χ3n) is 4.23. The highest BCUT2D eigenvalue weighted by atomic mass is 32.1. The molecule has 4 rings (SSSR count). The predicted octanol–water partition coefficient (Wildman–Crippen LogP) is 4.68. The number of carbonyl (C=O) groups excluding carboxylic acids is 1. The van der Waals surface area contributed by atoms with Gasteiger partial charge in [-0.15, -0.1) is 11.3 Å². The molecule has 0 atom stereocenters. The zero-order chi connectivity index (χ0) is 17.4. The minimum Gasteiger partial charge on any atom is -0.307 e. The van der Waals surface area contributed by atoms with Gasteiger partial charge in [0.25, 0.3) is 5.91 Å². The van der Waals surface area contributed by atoms with E-state index in [1.807, 2.05) is 30.3 Å². The number of hydrogen-bond donors (Lipinski definition) is 0. The maximum atomic E-state index is 14.0. The molecule has 0 N–H and O–H groups in total. The molecule has 0 spiro atoms. The summed E-state index contributed by atoms with van der Waals surface area (Å²) in [5.41, 5.74) is 1.92. The lowest BCUT2D eigenvalue weighted by molar-refractivity contribution is 0.0981. The van der Waals surface area contributed by atoms with E-state index >= 15 is 0 Å². The fourth-order valence-electron chi connectivity index (χ4n) is 3.05. The number of nitrogens with zero attached hydrogens (tertiary/aromatic N) is 2. The summed E-state index contributed by atoms with van der Waals surface area (Å²) in [5, 5.41) is 2.43. The largest absolute Gasteiger partial charge is 0.307 e. The Morgan fingerprint density at radius 2 is 1.96 bits per heavy atom. The molecule has 3 nitrogen and oxygen atoms in total. The van der Waals surface area contributed by atoms with Gasteiger partial charge in [-0.3, -0.25) is 4.79 Å². The van der Waals surface area contributed by atoms with Crippen LogP contribution in [0.1, 0.15) is 22.5 Å². The summed E-state index contributed by atoms with van der Waals surface area (Å²) >= 11 is 1.38. The second-order valence-corrected chi connectivity index (χ2v) is 6.71. The number of amides is 1.